The second kappa shape index (κ2) is 12.2. The van der Waals surface area contributed by atoms with E-state index in [9.17, 15) is 31.6 Å². The molecule has 0 saturated carbocycles. The third kappa shape index (κ3) is 7.07. The van der Waals surface area contributed by atoms with Crippen molar-refractivity contribution in [3.05, 3.63) is 99.9 Å². The Kier molecular flexibility index (Phi) is 9.53. The number of halogens is 5. The summed E-state index contributed by atoms with van der Waals surface area (Å²) in [5, 5.41) is 4.23. The molecule has 0 unspecified atom stereocenters. The minimum atomic E-state index is -3.65. The van der Waals surface area contributed by atoms with Crippen LogP contribution in [0.3, 0.4) is 0 Å². The lowest BCUT2D eigenvalue weighted by Crippen LogP contribution is -2.38. The van der Waals surface area contributed by atoms with Crippen LogP contribution in [0.4, 0.5) is 14.5 Å². The zero-order valence-corrected chi connectivity index (χ0v) is 25.2. The van der Waals surface area contributed by atoms with Gasteiger partial charge in [0, 0.05) is 23.8 Å². The summed E-state index contributed by atoms with van der Waals surface area (Å²) in [5.41, 5.74) is 0.0173. The Morgan fingerprint density at radius 2 is 1.54 bits per heavy atom. The Morgan fingerprint density at radius 3 is 2.07 bits per heavy atom. The molecular weight excluding hydrogens is 629 g/mol. The zero-order chi connectivity index (χ0) is 31.0. The van der Waals surface area contributed by atoms with Crippen molar-refractivity contribution in [3.63, 3.8) is 0 Å². The monoisotopic (exact) mass is 650 g/mol. The summed E-state index contributed by atoms with van der Waals surface area (Å²) in [5.74, 6) is -0.228. The molecule has 2 heterocycles. The van der Waals surface area contributed by atoms with Crippen LogP contribution in [0.2, 0.25) is 15.1 Å². The van der Waals surface area contributed by atoms with Crippen molar-refractivity contribution in [1.29, 1.82) is 0 Å². The first kappa shape index (κ1) is 32.1. The number of sulfonamides is 1. The molecule has 0 radical (unpaired) electrons. The fourth-order valence-corrected chi connectivity index (χ4v) is 4.83. The van der Waals surface area contributed by atoms with E-state index in [1.165, 1.54) is 23.6 Å². The Hall–Kier alpha value is -3.46. The number of aryl methyl sites for hydroxylation is 3. The van der Waals surface area contributed by atoms with Crippen molar-refractivity contribution in [2.24, 2.45) is 7.05 Å². The molecule has 4 aromatic rings. The van der Waals surface area contributed by atoms with Crippen LogP contribution in [-0.2, 0) is 17.1 Å². The van der Waals surface area contributed by atoms with Gasteiger partial charge in [-0.25, -0.2) is 27.1 Å². The van der Waals surface area contributed by atoms with Gasteiger partial charge < -0.3 is 4.57 Å². The van der Waals surface area contributed by atoms with Gasteiger partial charge in [-0.05, 0) is 56.7 Å². The Morgan fingerprint density at radius 1 is 0.902 bits per heavy atom. The summed E-state index contributed by atoms with van der Waals surface area (Å²) in [6, 6.07) is 8.81. The van der Waals surface area contributed by atoms with Crippen LogP contribution in [0, 0.1) is 20.8 Å². The van der Waals surface area contributed by atoms with Crippen LogP contribution in [0.5, 0.6) is 0 Å². The average molecular weight is 652 g/mol. The minimum absolute atomic E-state index is 0.0257. The normalized spacial score (nSPS) is 11.4. The lowest BCUT2D eigenvalue weighted by molar-refractivity contribution is 0.0640. The van der Waals surface area contributed by atoms with Crippen LogP contribution < -0.4 is 21.7 Å². The van der Waals surface area contributed by atoms with Gasteiger partial charge in [-0.3, -0.25) is 9.52 Å². The number of rotatable bonds is 5. The van der Waals surface area contributed by atoms with E-state index < -0.39 is 22.3 Å². The van der Waals surface area contributed by atoms with Gasteiger partial charge in [-0.2, -0.15) is 13.5 Å². The average Bonchev–Trinajstić information content (AvgIpc) is 3.15. The summed E-state index contributed by atoms with van der Waals surface area (Å²) in [6.45, 7) is 1.70. The third-order valence-electron chi connectivity index (χ3n) is 5.70. The van der Waals surface area contributed by atoms with Crippen molar-refractivity contribution < 1.29 is 17.2 Å². The molecular formula is C24H23Cl3F2N6O5S. The van der Waals surface area contributed by atoms with Crippen LogP contribution in [0.1, 0.15) is 23.6 Å². The SMILES string of the molecule is Cc1cc(-n2c(=O)cc(C)n(C)c2=O)ccc1Cl.Cc1nn(-c2cc(NS(C)(=O)=O)c(Cl)cc2Cl)c(=O)n1C(F)F. The molecule has 0 bridgehead atoms. The molecule has 4 rings (SSSR count). The Labute approximate surface area is 247 Å². The maximum Gasteiger partial charge on any atom is 0.355 e. The van der Waals surface area contributed by atoms with Crippen LogP contribution in [-0.4, -0.2) is 38.2 Å². The second-order valence-electron chi connectivity index (χ2n) is 8.78. The summed E-state index contributed by atoms with van der Waals surface area (Å²) < 4.78 is 53.8. The molecule has 1 N–H and O–H groups in total. The first-order valence-electron chi connectivity index (χ1n) is 11.4. The van der Waals surface area contributed by atoms with Crippen molar-refractivity contribution in [2.45, 2.75) is 27.3 Å². The molecule has 0 spiro atoms. The fourth-order valence-electron chi connectivity index (χ4n) is 3.58. The van der Waals surface area contributed by atoms with Gasteiger partial charge in [-0.15, -0.1) is 5.10 Å². The number of hydrogen-bond acceptors (Lipinski definition) is 6. The number of nitrogens with zero attached hydrogens (tertiary/aromatic N) is 5. The van der Waals surface area contributed by atoms with Crippen molar-refractivity contribution in [2.75, 3.05) is 11.0 Å². The van der Waals surface area contributed by atoms with Crippen molar-refractivity contribution >= 4 is 50.5 Å². The summed E-state index contributed by atoms with van der Waals surface area (Å²) in [6.07, 6.45) is 0.902. The van der Waals surface area contributed by atoms with Gasteiger partial charge in [-0.1, -0.05) is 34.8 Å². The molecule has 0 saturated heterocycles. The maximum absolute atomic E-state index is 12.8. The highest BCUT2D eigenvalue weighted by atomic mass is 35.5. The highest BCUT2D eigenvalue weighted by Gasteiger charge is 2.21. The minimum Gasteiger partial charge on any atom is -0.301 e. The second-order valence-corrected chi connectivity index (χ2v) is 11.8. The highest BCUT2D eigenvalue weighted by molar-refractivity contribution is 7.92. The van der Waals surface area contributed by atoms with E-state index in [4.69, 9.17) is 34.8 Å². The van der Waals surface area contributed by atoms with Gasteiger partial charge in [0.2, 0.25) is 10.0 Å². The van der Waals surface area contributed by atoms with E-state index in [1.807, 2.05) is 6.92 Å². The summed E-state index contributed by atoms with van der Waals surface area (Å²) >= 11 is 17.8. The van der Waals surface area contributed by atoms with Gasteiger partial charge in [0.25, 0.3) is 5.56 Å². The number of nitrogens with one attached hydrogen (secondary N) is 1. The first-order chi connectivity index (χ1) is 18.9. The summed E-state index contributed by atoms with van der Waals surface area (Å²) in [7, 11) is -2.01. The number of alkyl halides is 2. The van der Waals surface area contributed by atoms with Gasteiger partial charge in [0.1, 0.15) is 5.82 Å². The molecule has 11 nitrogen and oxygen atoms in total. The lowest BCUT2D eigenvalue weighted by atomic mass is 10.2. The maximum atomic E-state index is 12.8. The number of hydrogen-bond donors (Lipinski definition) is 1. The van der Waals surface area contributed by atoms with Crippen LogP contribution in [0.15, 0.2) is 50.8 Å². The molecule has 0 atom stereocenters. The van der Waals surface area contributed by atoms with E-state index in [2.05, 4.69) is 9.82 Å². The molecule has 0 aliphatic carbocycles. The predicted molar refractivity (Wildman–Crippen MR) is 154 cm³/mol. The molecule has 0 aliphatic heterocycles. The zero-order valence-electron chi connectivity index (χ0n) is 22.1. The molecule has 220 valence electrons. The number of aromatic nitrogens is 5. The standard InChI is InChI=1S/C13H13ClN2O2.C11H10Cl2F2N4O3S/c1-8-6-10(4-5-11(8)14)16-12(17)7-9(2)15(3)13(16)18;1-5-16-19(11(20)18(5)10(14)15)9-4-8(17-23(2,21)22)6(12)3-7(9)13/h4-7H,1-3H3;3-4,10,17H,1-2H3. The molecule has 17 heteroatoms. The lowest BCUT2D eigenvalue weighted by Gasteiger charge is -2.10. The van der Waals surface area contributed by atoms with Gasteiger partial charge >= 0.3 is 17.9 Å². The number of benzene rings is 2. The Balaban J connectivity index is 0.000000232. The van der Waals surface area contributed by atoms with Gasteiger partial charge in [0.05, 0.1) is 33.4 Å². The molecule has 0 aliphatic rings. The number of anilines is 1. The topological polar surface area (TPSA) is 130 Å². The van der Waals surface area contributed by atoms with Crippen molar-refractivity contribution in [1.82, 2.24) is 23.5 Å². The first-order valence-corrected chi connectivity index (χ1v) is 14.4. The third-order valence-corrected chi connectivity index (χ3v) is 7.33. The quantitative estimate of drug-likeness (QED) is 0.344. The largest absolute Gasteiger partial charge is 0.355 e. The van der Waals surface area contributed by atoms with E-state index in [0.717, 1.165) is 22.5 Å². The molecule has 41 heavy (non-hydrogen) atoms. The molecule has 2 aromatic heterocycles. The molecule has 0 fully saturated rings. The molecule has 2 aromatic carbocycles. The van der Waals surface area contributed by atoms with Crippen LogP contribution >= 0.6 is 34.8 Å². The van der Waals surface area contributed by atoms with E-state index >= 15 is 0 Å². The van der Waals surface area contributed by atoms with Crippen molar-refractivity contribution in [3.8, 4) is 11.4 Å². The predicted octanol–water partition coefficient (Wildman–Crippen LogP) is 4.22. The fraction of sp³-hybridized carbons (Fsp3) is 0.250. The summed E-state index contributed by atoms with van der Waals surface area (Å²) in [4.78, 5) is 36.0. The molecule has 0 amide bonds. The Bertz CT molecular complexity index is 1930. The van der Waals surface area contributed by atoms with E-state index in [0.29, 0.717) is 21.1 Å². The highest BCUT2D eigenvalue weighted by Crippen LogP contribution is 2.31. The van der Waals surface area contributed by atoms with E-state index in [-0.39, 0.29) is 43.1 Å². The van der Waals surface area contributed by atoms with Crippen LogP contribution in [0.25, 0.3) is 11.4 Å². The van der Waals surface area contributed by atoms with E-state index in [1.54, 1.807) is 32.2 Å². The van der Waals surface area contributed by atoms with Gasteiger partial charge in [0.15, 0.2) is 0 Å². The smallest absolute Gasteiger partial charge is 0.301 e.